The lowest BCUT2D eigenvalue weighted by atomic mass is 10.1. The van der Waals surface area contributed by atoms with Gasteiger partial charge in [0.1, 0.15) is 0 Å². The van der Waals surface area contributed by atoms with Crippen LogP contribution in [0.4, 0.5) is 13.2 Å². The van der Waals surface area contributed by atoms with Crippen LogP contribution in [0.1, 0.15) is 27.6 Å². The van der Waals surface area contributed by atoms with Gasteiger partial charge >= 0.3 is 0 Å². The summed E-state index contributed by atoms with van der Waals surface area (Å²) in [6.07, 6.45) is 0.856. The average molecular weight is 291 g/mol. The molecule has 0 nitrogen and oxygen atoms in total. The first kappa shape index (κ1) is 13.4. The standard InChI is InChI=1S/C13H10ClF3S/c1-2-7-3-6-10(18-7)11(14)8-4-5-9(15)13(17)12(8)16/h3-6,11H,2H2,1H3. The molecule has 5 heteroatoms. The Morgan fingerprint density at radius 2 is 1.83 bits per heavy atom. The summed E-state index contributed by atoms with van der Waals surface area (Å²) in [5.74, 6) is -3.91. The Kier molecular flexibility index (Phi) is 3.97. The highest BCUT2D eigenvalue weighted by molar-refractivity contribution is 7.12. The number of hydrogen-bond acceptors (Lipinski definition) is 1. The zero-order valence-corrected chi connectivity index (χ0v) is 11.1. The van der Waals surface area contributed by atoms with E-state index in [1.807, 2.05) is 13.0 Å². The van der Waals surface area contributed by atoms with Crippen LogP contribution in [-0.4, -0.2) is 0 Å². The molecule has 0 aliphatic rings. The number of hydrogen-bond donors (Lipinski definition) is 0. The molecule has 96 valence electrons. The molecule has 0 fully saturated rings. The van der Waals surface area contributed by atoms with E-state index in [2.05, 4.69) is 0 Å². The predicted octanol–water partition coefficient (Wildman–Crippen LogP) is 5.06. The van der Waals surface area contributed by atoms with Crippen molar-refractivity contribution in [1.29, 1.82) is 0 Å². The minimum Gasteiger partial charge on any atom is -0.204 e. The second kappa shape index (κ2) is 5.33. The zero-order chi connectivity index (χ0) is 13.3. The van der Waals surface area contributed by atoms with Gasteiger partial charge < -0.3 is 0 Å². The lowest BCUT2D eigenvalue weighted by Crippen LogP contribution is -2.00. The van der Waals surface area contributed by atoms with Crippen molar-refractivity contribution in [3.05, 3.63) is 57.0 Å². The summed E-state index contributed by atoms with van der Waals surface area (Å²) >= 11 is 7.55. The summed E-state index contributed by atoms with van der Waals surface area (Å²) in [7, 11) is 0. The Bertz CT molecular complexity index is 565. The number of aryl methyl sites for hydroxylation is 1. The molecule has 2 aromatic rings. The molecule has 0 radical (unpaired) electrons. The molecule has 18 heavy (non-hydrogen) atoms. The number of alkyl halides is 1. The second-order valence-electron chi connectivity index (χ2n) is 3.78. The molecule has 0 aliphatic heterocycles. The molecule has 1 atom stereocenters. The van der Waals surface area contributed by atoms with Crippen LogP contribution in [0, 0.1) is 17.5 Å². The van der Waals surface area contributed by atoms with Gasteiger partial charge in [0, 0.05) is 15.3 Å². The average Bonchev–Trinajstić information content (AvgIpc) is 2.84. The van der Waals surface area contributed by atoms with Crippen molar-refractivity contribution < 1.29 is 13.2 Å². The highest BCUT2D eigenvalue weighted by Crippen LogP contribution is 2.36. The van der Waals surface area contributed by atoms with Crippen LogP contribution in [0.5, 0.6) is 0 Å². The molecule has 0 aliphatic carbocycles. The first-order valence-corrected chi connectivity index (χ1v) is 6.66. The fraction of sp³-hybridized carbons (Fsp3) is 0.231. The van der Waals surface area contributed by atoms with Gasteiger partial charge in [-0.3, -0.25) is 0 Å². The van der Waals surface area contributed by atoms with Crippen LogP contribution in [0.2, 0.25) is 0 Å². The van der Waals surface area contributed by atoms with E-state index in [4.69, 9.17) is 11.6 Å². The maximum absolute atomic E-state index is 13.6. The quantitative estimate of drug-likeness (QED) is 0.548. The number of benzene rings is 1. The molecule has 0 saturated heterocycles. The van der Waals surface area contributed by atoms with Gasteiger partial charge in [0.25, 0.3) is 0 Å². The summed E-state index contributed by atoms with van der Waals surface area (Å²) < 4.78 is 39.6. The molecule has 1 aromatic carbocycles. The fourth-order valence-corrected chi connectivity index (χ4v) is 2.94. The van der Waals surface area contributed by atoms with Crippen LogP contribution in [0.3, 0.4) is 0 Å². The second-order valence-corrected chi connectivity index (χ2v) is 5.42. The first-order chi connectivity index (χ1) is 8.54. The largest absolute Gasteiger partial charge is 0.204 e. The van der Waals surface area contributed by atoms with Crippen LogP contribution in [0.15, 0.2) is 24.3 Å². The van der Waals surface area contributed by atoms with Crippen molar-refractivity contribution in [2.24, 2.45) is 0 Å². The van der Waals surface area contributed by atoms with E-state index in [1.54, 1.807) is 6.07 Å². The van der Waals surface area contributed by atoms with Crippen molar-refractivity contribution in [2.75, 3.05) is 0 Å². The van der Waals surface area contributed by atoms with Gasteiger partial charge in [0.2, 0.25) is 0 Å². The van der Waals surface area contributed by atoms with Crippen LogP contribution >= 0.6 is 22.9 Å². The van der Waals surface area contributed by atoms with Crippen LogP contribution in [0.25, 0.3) is 0 Å². The minimum atomic E-state index is -1.48. The van der Waals surface area contributed by atoms with Gasteiger partial charge in [-0.1, -0.05) is 13.0 Å². The highest BCUT2D eigenvalue weighted by atomic mass is 35.5. The van der Waals surface area contributed by atoms with Gasteiger partial charge in [-0.05, 0) is 24.6 Å². The Morgan fingerprint density at radius 1 is 1.11 bits per heavy atom. The summed E-state index contributed by atoms with van der Waals surface area (Å²) in [6, 6.07) is 5.74. The maximum Gasteiger partial charge on any atom is 0.194 e. The molecule has 1 heterocycles. The van der Waals surface area contributed by atoms with E-state index in [9.17, 15) is 13.2 Å². The first-order valence-electron chi connectivity index (χ1n) is 5.40. The van der Waals surface area contributed by atoms with Gasteiger partial charge in [0.15, 0.2) is 17.5 Å². The van der Waals surface area contributed by atoms with E-state index in [1.165, 1.54) is 17.4 Å². The molecule has 1 unspecified atom stereocenters. The van der Waals surface area contributed by atoms with Crippen LogP contribution in [-0.2, 0) is 6.42 Å². The summed E-state index contributed by atoms with van der Waals surface area (Å²) in [6.45, 7) is 2.00. The van der Waals surface area contributed by atoms with E-state index in [0.717, 1.165) is 22.2 Å². The smallest absolute Gasteiger partial charge is 0.194 e. The lowest BCUT2D eigenvalue weighted by Gasteiger charge is -2.09. The third kappa shape index (κ3) is 2.40. The Labute approximate surface area is 112 Å². The SMILES string of the molecule is CCc1ccc(C(Cl)c2ccc(F)c(F)c2F)s1. The summed E-state index contributed by atoms with van der Waals surface area (Å²) in [4.78, 5) is 1.83. The lowest BCUT2D eigenvalue weighted by molar-refractivity contribution is 0.441. The van der Waals surface area contributed by atoms with Crippen molar-refractivity contribution in [3.63, 3.8) is 0 Å². The number of thiophene rings is 1. The van der Waals surface area contributed by atoms with Gasteiger partial charge in [-0.2, -0.15) is 0 Å². The molecule has 0 bridgehead atoms. The summed E-state index contributed by atoms with van der Waals surface area (Å²) in [5.41, 5.74) is -0.0416. The van der Waals surface area contributed by atoms with Crippen molar-refractivity contribution in [3.8, 4) is 0 Å². The van der Waals surface area contributed by atoms with E-state index in [-0.39, 0.29) is 5.56 Å². The molecular formula is C13H10ClF3S. The molecule has 0 N–H and O–H groups in total. The third-order valence-electron chi connectivity index (χ3n) is 2.62. The Hall–Kier alpha value is -1.00. The van der Waals surface area contributed by atoms with E-state index >= 15 is 0 Å². The molecular weight excluding hydrogens is 281 g/mol. The molecule has 2 rings (SSSR count). The van der Waals surface area contributed by atoms with Gasteiger partial charge in [-0.25, -0.2) is 13.2 Å². The third-order valence-corrected chi connectivity index (χ3v) is 4.51. The topological polar surface area (TPSA) is 0 Å². The van der Waals surface area contributed by atoms with E-state index in [0.29, 0.717) is 0 Å². The zero-order valence-electron chi connectivity index (χ0n) is 9.51. The minimum absolute atomic E-state index is 0.0416. The molecule has 0 spiro atoms. The Morgan fingerprint density at radius 3 is 2.44 bits per heavy atom. The number of halogens is 4. The molecule has 0 amide bonds. The van der Waals surface area contributed by atoms with Crippen molar-refractivity contribution in [2.45, 2.75) is 18.7 Å². The number of rotatable bonds is 3. The maximum atomic E-state index is 13.6. The molecule has 0 saturated carbocycles. The monoisotopic (exact) mass is 290 g/mol. The predicted molar refractivity (Wildman–Crippen MR) is 67.7 cm³/mol. The fourth-order valence-electron chi connectivity index (χ4n) is 1.61. The van der Waals surface area contributed by atoms with Gasteiger partial charge in [0.05, 0.1) is 5.38 Å². The Balaban J connectivity index is 2.39. The van der Waals surface area contributed by atoms with Crippen LogP contribution < -0.4 is 0 Å². The highest BCUT2D eigenvalue weighted by Gasteiger charge is 2.21. The van der Waals surface area contributed by atoms with Gasteiger partial charge in [-0.15, -0.1) is 22.9 Å². The van der Waals surface area contributed by atoms with Crippen molar-refractivity contribution in [1.82, 2.24) is 0 Å². The normalized spacial score (nSPS) is 12.7. The van der Waals surface area contributed by atoms with Crippen molar-refractivity contribution >= 4 is 22.9 Å². The van der Waals surface area contributed by atoms with E-state index < -0.39 is 22.8 Å². The molecule has 1 aromatic heterocycles. The summed E-state index contributed by atoms with van der Waals surface area (Å²) in [5, 5.41) is -0.801.